The second-order valence-electron chi connectivity index (χ2n) is 6.42. The van der Waals surface area contributed by atoms with Gasteiger partial charge in [0.05, 0.1) is 11.3 Å². The SMILES string of the molecule is O=C(O)C1C2CCC(CC2)C1Nc1nc(Cl)nc2ncccc12. The van der Waals surface area contributed by atoms with Gasteiger partial charge < -0.3 is 10.4 Å². The van der Waals surface area contributed by atoms with Gasteiger partial charge in [-0.05, 0) is 61.3 Å². The summed E-state index contributed by atoms with van der Waals surface area (Å²) >= 11 is 6.00. The minimum Gasteiger partial charge on any atom is -0.481 e. The summed E-state index contributed by atoms with van der Waals surface area (Å²) in [6, 6.07) is 3.57. The van der Waals surface area contributed by atoms with Gasteiger partial charge in [0.1, 0.15) is 5.82 Å². The first-order valence-electron chi connectivity index (χ1n) is 7.91. The van der Waals surface area contributed by atoms with Crippen molar-refractivity contribution in [1.82, 2.24) is 15.0 Å². The van der Waals surface area contributed by atoms with Gasteiger partial charge in [-0.3, -0.25) is 4.79 Å². The first kappa shape index (κ1) is 14.6. The maximum Gasteiger partial charge on any atom is 0.308 e. The van der Waals surface area contributed by atoms with Gasteiger partial charge in [-0.15, -0.1) is 0 Å². The Morgan fingerprint density at radius 3 is 2.70 bits per heavy atom. The fraction of sp³-hybridized carbons (Fsp3) is 0.500. The number of hydrogen-bond acceptors (Lipinski definition) is 5. The molecule has 0 aromatic carbocycles. The van der Waals surface area contributed by atoms with Gasteiger partial charge in [0.25, 0.3) is 0 Å². The molecule has 2 aromatic rings. The lowest BCUT2D eigenvalue weighted by molar-refractivity contribution is -0.148. The van der Waals surface area contributed by atoms with Crippen molar-refractivity contribution in [2.24, 2.45) is 17.8 Å². The molecule has 6 nitrogen and oxygen atoms in total. The highest BCUT2D eigenvalue weighted by Gasteiger charge is 2.47. The molecule has 2 unspecified atom stereocenters. The van der Waals surface area contributed by atoms with E-state index in [1.165, 1.54) is 0 Å². The van der Waals surface area contributed by atoms with E-state index in [2.05, 4.69) is 20.3 Å². The predicted molar refractivity (Wildman–Crippen MR) is 86.3 cm³/mol. The van der Waals surface area contributed by atoms with Crippen molar-refractivity contribution in [3.05, 3.63) is 23.6 Å². The Kier molecular flexibility index (Phi) is 3.56. The number of nitrogens with one attached hydrogen (secondary N) is 1. The van der Waals surface area contributed by atoms with Crippen LogP contribution in [-0.4, -0.2) is 32.1 Å². The third-order valence-corrected chi connectivity index (χ3v) is 5.42. The maximum atomic E-state index is 11.8. The average molecular weight is 333 g/mol. The molecule has 0 radical (unpaired) electrons. The lowest BCUT2D eigenvalue weighted by Gasteiger charge is -2.47. The molecule has 3 aliphatic rings. The van der Waals surface area contributed by atoms with Gasteiger partial charge in [0.2, 0.25) is 5.28 Å². The van der Waals surface area contributed by atoms with Crippen LogP contribution in [0.5, 0.6) is 0 Å². The molecule has 7 heteroatoms. The van der Waals surface area contributed by atoms with Crippen molar-refractivity contribution in [2.45, 2.75) is 31.7 Å². The molecule has 0 spiro atoms. The zero-order chi connectivity index (χ0) is 16.0. The van der Waals surface area contributed by atoms with E-state index in [1.54, 1.807) is 6.20 Å². The number of aromatic nitrogens is 3. The molecule has 0 aliphatic heterocycles. The third-order valence-electron chi connectivity index (χ3n) is 5.25. The monoisotopic (exact) mass is 332 g/mol. The Morgan fingerprint density at radius 2 is 1.96 bits per heavy atom. The van der Waals surface area contributed by atoms with E-state index >= 15 is 0 Å². The van der Waals surface area contributed by atoms with E-state index in [0.717, 1.165) is 31.1 Å². The first-order chi connectivity index (χ1) is 11.1. The normalized spacial score (nSPS) is 29.6. The number of carboxylic acid groups (broad SMARTS) is 1. The lowest BCUT2D eigenvalue weighted by atomic mass is 9.61. The Labute approximate surface area is 138 Å². The number of hydrogen-bond donors (Lipinski definition) is 2. The molecule has 120 valence electrons. The van der Waals surface area contributed by atoms with E-state index in [9.17, 15) is 9.90 Å². The molecule has 3 fully saturated rings. The number of aliphatic carboxylic acids is 1. The highest BCUT2D eigenvalue weighted by Crippen LogP contribution is 2.46. The number of carbonyl (C=O) groups is 1. The zero-order valence-electron chi connectivity index (χ0n) is 12.4. The van der Waals surface area contributed by atoms with E-state index in [4.69, 9.17) is 11.6 Å². The molecular weight excluding hydrogens is 316 g/mol. The van der Waals surface area contributed by atoms with Crippen LogP contribution in [-0.2, 0) is 4.79 Å². The van der Waals surface area contributed by atoms with Crippen LogP contribution in [0.1, 0.15) is 25.7 Å². The predicted octanol–water partition coefficient (Wildman–Crippen LogP) is 2.98. The van der Waals surface area contributed by atoms with Crippen LogP contribution in [0.4, 0.5) is 5.82 Å². The van der Waals surface area contributed by atoms with Crippen molar-refractivity contribution in [1.29, 1.82) is 0 Å². The number of fused-ring (bicyclic) bond motifs is 4. The van der Waals surface area contributed by atoms with Crippen LogP contribution in [0, 0.1) is 17.8 Å². The second kappa shape index (κ2) is 5.60. The van der Waals surface area contributed by atoms with Crippen LogP contribution >= 0.6 is 11.6 Å². The second-order valence-corrected chi connectivity index (χ2v) is 6.76. The summed E-state index contributed by atoms with van der Waals surface area (Å²) in [7, 11) is 0. The van der Waals surface area contributed by atoms with E-state index in [-0.39, 0.29) is 23.2 Å². The van der Waals surface area contributed by atoms with Gasteiger partial charge in [-0.25, -0.2) is 9.97 Å². The Morgan fingerprint density at radius 1 is 1.22 bits per heavy atom. The van der Waals surface area contributed by atoms with Crippen LogP contribution < -0.4 is 5.32 Å². The standard InChI is InChI=1S/C16H17ClN4O2/c17-16-20-13-10(2-1-7-18-13)14(21-16)19-12-9-5-3-8(4-6-9)11(12)15(22)23/h1-2,7-9,11-12H,3-6H2,(H,22,23)(H,18,19,20,21). The van der Waals surface area contributed by atoms with E-state index in [0.29, 0.717) is 17.4 Å². The maximum absolute atomic E-state index is 11.8. The Bertz CT molecular complexity index is 761. The number of nitrogens with zero attached hydrogens (tertiary/aromatic N) is 3. The Hall–Kier alpha value is -1.95. The number of pyridine rings is 1. The van der Waals surface area contributed by atoms with Gasteiger partial charge in [-0.1, -0.05) is 0 Å². The van der Waals surface area contributed by atoms with Gasteiger partial charge in [-0.2, -0.15) is 4.98 Å². The molecule has 3 aliphatic carbocycles. The summed E-state index contributed by atoms with van der Waals surface area (Å²) < 4.78 is 0. The van der Waals surface area contributed by atoms with Crippen LogP contribution in [0.2, 0.25) is 5.28 Å². The number of halogens is 1. The quantitative estimate of drug-likeness (QED) is 0.840. The summed E-state index contributed by atoms with van der Waals surface area (Å²) in [6.07, 6.45) is 5.81. The van der Waals surface area contributed by atoms with Crippen molar-refractivity contribution in [2.75, 3.05) is 5.32 Å². The average Bonchev–Trinajstić information content (AvgIpc) is 2.55. The zero-order valence-corrected chi connectivity index (χ0v) is 13.2. The number of rotatable bonds is 3. The van der Waals surface area contributed by atoms with Crippen molar-refractivity contribution >= 4 is 34.4 Å². The lowest BCUT2D eigenvalue weighted by Crippen LogP contribution is -2.51. The molecule has 2 N–H and O–H groups in total. The number of carboxylic acids is 1. The summed E-state index contributed by atoms with van der Waals surface area (Å²) in [5.74, 6) is 0.0950. The fourth-order valence-corrected chi connectivity index (χ4v) is 4.38. The molecule has 3 saturated carbocycles. The molecule has 23 heavy (non-hydrogen) atoms. The molecule has 2 atom stereocenters. The molecule has 2 heterocycles. The minimum absolute atomic E-state index is 0.116. The smallest absolute Gasteiger partial charge is 0.308 e. The van der Waals surface area contributed by atoms with Crippen LogP contribution in [0.3, 0.4) is 0 Å². The van der Waals surface area contributed by atoms with Gasteiger partial charge in [0, 0.05) is 12.2 Å². The summed E-state index contributed by atoms with van der Waals surface area (Å²) in [5, 5.41) is 13.9. The minimum atomic E-state index is -0.723. The van der Waals surface area contributed by atoms with Crippen molar-refractivity contribution < 1.29 is 9.90 Å². The molecule has 0 saturated heterocycles. The van der Waals surface area contributed by atoms with Gasteiger partial charge >= 0.3 is 5.97 Å². The fourth-order valence-electron chi connectivity index (χ4n) is 4.22. The highest BCUT2D eigenvalue weighted by atomic mass is 35.5. The van der Waals surface area contributed by atoms with Crippen LogP contribution in [0.25, 0.3) is 11.0 Å². The molecule has 2 aromatic heterocycles. The Balaban J connectivity index is 1.73. The molecular formula is C16H17ClN4O2. The topological polar surface area (TPSA) is 88.0 Å². The van der Waals surface area contributed by atoms with E-state index in [1.807, 2.05) is 12.1 Å². The van der Waals surface area contributed by atoms with Crippen molar-refractivity contribution in [3.8, 4) is 0 Å². The summed E-state index contributed by atoms with van der Waals surface area (Å²) in [6.45, 7) is 0. The highest BCUT2D eigenvalue weighted by molar-refractivity contribution is 6.28. The third kappa shape index (κ3) is 2.51. The first-order valence-corrected chi connectivity index (χ1v) is 8.29. The number of anilines is 1. The van der Waals surface area contributed by atoms with Crippen LogP contribution in [0.15, 0.2) is 18.3 Å². The van der Waals surface area contributed by atoms with Crippen molar-refractivity contribution in [3.63, 3.8) is 0 Å². The summed E-state index contributed by atoms with van der Waals surface area (Å²) in [5.41, 5.74) is 0.517. The molecule has 5 rings (SSSR count). The summed E-state index contributed by atoms with van der Waals surface area (Å²) in [4.78, 5) is 24.4. The molecule has 0 amide bonds. The van der Waals surface area contributed by atoms with E-state index < -0.39 is 5.97 Å². The largest absolute Gasteiger partial charge is 0.481 e. The van der Waals surface area contributed by atoms with Gasteiger partial charge in [0.15, 0.2) is 5.65 Å². The molecule has 2 bridgehead atoms.